The van der Waals surface area contributed by atoms with Crippen molar-refractivity contribution in [2.75, 3.05) is 13.1 Å². The Morgan fingerprint density at radius 1 is 0.764 bits per heavy atom. The maximum absolute atomic E-state index is 7.38. The zero-order valence-electron chi connectivity index (χ0n) is 30.8. The summed E-state index contributed by atoms with van der Waals surface area (Å²) >= 11 is 7.13. The number of quaternary nitrogens is 1. The molecular weight excluding hydrogens is 696 g/mol. The third kappa shape index (κ3) is 7.06. The molecule has 7 aromatic rings. The van der Waals surface area contributed by atoms with E-state index in [-0.39, 0.29) is 6.10 Å². The molecule has 6 heteroatoms. The molecule has 0 spiro atoms. The Kier molecular flexibility index (Phi) is 9.74. The largest absolute Gasteiger partial charge is 0.469 e. The number of benzene rings is 5. The van der Waals surface area contributed by atoms with Crippen molar-refractivity contribution in [3.63, 3.8) is 0 Å². The molecule has 0 amide bonds. The molecule has 10 rings (SSSR count). The molecule has 2 aromatic heterocycles. The Labute approximate surface area is 328 Å². The summed E-state index contributed by atoms with van der Waals surface area (Å²) in [6.07, 6.45) is 6.93. The van der Waals surface area contributed by atoms with E-state index in [1.807, 2.05) is 72.9 Å². The van der Waals surface area contributed by atoms with Crippen LogP contribution in [0, 0.1) is 11.8 Å². The number of hydrogen-bond donors (Lipinski definition) is 0. The number of pyridine rings is 1. The van der Waals surface area contributed by atoms with Gasteiger partial charge in [-0.2, -0.15) is 4.98 Å². The number of fused-ring (bicyclic) bond motifs is 4. The summed E-state index contributed by atoms with van der Waals surface area (Å²) in [5, 5.41) is 1.45. The number of rotatable bonds is 11. The molecule has 0 radical (unpaired) electrons. The lowest BCUT2D eigenvalue weighted by Gasteiger charge is -2.57. The van der Waals surface area contributed by atoms with Gasteiger partial charge in [0.2, 0.25) is 5.88 Å². The highest BCUT2D eigenvalue weighted by Gasteiger charge is 2.52. The predicted molar refractivity (Wildman–Crippen MR) is 223 cm³/mol. The molecule has 5 heterocycles. The molecule has 2 bridgehead atoms. The summed E-state index contributed by atoms with van der Waals surface area (Å²) in [4.78, 5) is 14.7. The topological polar surface area (TPSA) is 47.9 Å². The predicted octanol–water partition coefficient (Wildman–Crippen LogP) is 11.8. The van der Waals surface area contributed by atoms with Crippen molar-refractivity contribution in [3.8, 4) is 39.5 Å². The zero-order chi connectivity index (χ0) is 37.2. The molecule has 4 unspecified atom stereocenters. The van der Waals surface area contributed by atoms with Gasteiger partial charge in [0.05, 0.1) is 30.2 Å². The van der Waals surface area contributed by atoms with E-state index in [4.69, 9.17) is 31.3 Å². The van der Waals surface area contributed by atoms with Gasteiger partial charge in [-0.05, 0) is 40.8 Å². The molecule has 3 saturated heterocycles. The molecule has 0 saturated carbocycles. The molecule has 5 atom stereocenters. The van der Waals surface area contributed by atoms with E-state index in [9.17, 15) is 0 Å². The summed E-state index contributed by atoms with van der Waals surface area (Å²) in [5.74, 6) is 2.11. The number of nitrogens with zero attached hydrogens (tertiary/aromatic N) is 4. The van der Waals surface area contributed by atoms with Gasteiger partial charge in [-0.3, -0.25) is 4.98 Å². The second-order valence-electron chi connectivity index (χ2n) is 15.2. The van der Waals surface area contributed by atoms with Crippen LogP contribution in [0.4, 0.5) is 0 Å². The van der Waals surface area contributed by atoms with Crippen molar-refractivity contribution < 1.29 is 9.22 Å². The highest BCUT2D eigenvalue weighted by atomic mass is 35.5. The van der Waals surface area contributed by atoms with Crippen LogP contribution in [0.15, 0.2) is 164 Å². The van der Waals surface area contributed by atoms with Crippen LogP contribution in [-0.4, -0.2) is 38.6 Å². The third-order valence-corrected chi connectivity index (χ3v) is 12.3. The zero-order valence-corrected chi connectivity index (χ0v) is 31.6. The van der Waals surface area contributed by atoms with Crippen LogP contribution in [0.25, 0.3) is 44.5 Å². The normalized spacial score (nSPS) is 20.9. The van der Waals surface area contributed by atoms with E-state index in [0.717, 1.165) is 64.6 Å². The molecule has 3 aliphatic heterocycles. The van der Waals surface area contributed by atoms with Crippen LogP contribution in [0.1, 0.15) is 36.5 Å². The average Bonchev–Trinajstić information content (AvgIpc) is 3.24. The number of ether oxygens (including phenoxy) is 1. The van der Waals surface area contributed by atoms with E-state index in [1.165, 1.54) is 23.1 Å². The first-order chi connectivity index (χ1) is 27.1. The molecule has 0 aliphatic carbocycles. The van der Waals surface area contributed by atoms with Crippen molar-refractivity contribution in [2.24, 2.45) is 11.8 Å². The summed E-state index contributed by atoms with van der Waals surface area (Å²) in [7, 11) is 0. The smallest absolute Gasteiger partial charge is 0.227 e. The number of aromatic nitrogens is 3. The van der Waals surface area contributed by atoms with Gasteiger partial charge in [0.1, 0.15) is 17.8 Å². The molecule has 0 N–H and O–H groups in total. The average molecular weight is 740 g/mol. The van der Waals surface area contributed by atoms with Gasteiger partial charge < -0.3 is 9.22 Å². The van der Waals surface area contributed by atoms with Crippen LogP contribution in [0.5, 0.6) is 5.88 Å². The molecule has 272 valence electrons. The lowest BCUT2D eigenvalue weighted by molar-refractivity contribution is -0.981. The molecule has 55 heavy (non-hydrogen) atoms. The molecule has 3 aliphatic rings. The van der Waals surface area contributed by atoms with E-state index in [2.05, 4.69) is 91.5 Å². The van der Waals surface area contributed by atoms with E-state index in [1.54, 1.807) is 0 Å². The molecular formula is C49H44ClN4O+. The van der Waals surface area contributed by atoms with Crippen molar-refractivity contribution in [1.29, 1.82) is 0 Å². The fourth-order valence-electron chi connectivity index (χ4n) is 9.28. The van der Waals surface area contributed by atoms with Crippen molar-refractivity contribution in [3.05, 3.63) is 181 Å². The second kappa shape index (κ2) is 15.3. The summed E-state index contributed by atoms with van der Waals surface area (Å²) in [6, 6.07) is 50.8. The van der Waals surface area contributed by atoms with Gasteiger partial charge >= 0.3 is 0 Å². The summed E-state index contributed by atoms with van der Waals surface area (Å²) < 4.78 is 8.38. The summed E-state index contributed by atoms with van der Waals surface area (Å²) in [6.45, 7) is 7.49. The minimum absolute atomic E-state index is 0.331. The second-order valence-corrected chi connectivity index (χ2v) is 15.6. The first kappa shape index (κ1) is 35.1. The highest BCUT2D eigenvalue weighted by molar-refractivity contribution is 6.32. The standard InChI is InChI=1S/C49H44ClN4O/c1-2-35-33-54(32-34-15-14-22-39(29-34)36-16-6-3-7-17-36)28-26-40(35)30-41(54)31-45(43-25-27-51-44-24-13-12-23-42(43)44)55-49-46(37-18-8-4-9-19-37)47(50)52-48(53-49)38-20-10-5-11-21-38/h2-25,27,29,35,40-41,45H,1,26,28,30-33H2/q+1/t35?,40?,41?,45-,54?/m1/s1. The van der Waals surface area contributed by atoms with Gasteiger partial charge in [0, 0.05) is 53.5 Å². The Balaban J connectivity index is 1.15. The van der Waals surface area contributed by atoms with Crippen LogP contribution in [-0.2, 0) is 6.54 Å². The molecule has 3 fully saturated rings. The van der Waals surface area contributed by atoms with Gasteiger partial charge in [0.15, 0.2) is 5.82 Å². The Morgan fingerprint density at radius 3 is 2.22 bits per heavy atom. The number of hydrogen-bond acceptors (Lipinski definition) is 4. The highest BCUT2D eigenvalue weighted by Crippen LogP contribution is 2.48. The van der Waals surface area contributed by atoms with E-state index in [0.29, 0.717) is 40.3 Å². The minimum atomic E-state index is -0.331. The van der Waals surface area contributed by atoms with Gasteiger partial charge in [0.25, 0.3) is 0 Å². The van der Waals surface area contributed by atoms with Crippen molar-refractivity contribution in [1.82, 2.24) is 15.0 Å². The van der Waals surface area contributed by atoms with Gasteiger partial charge in [-0.15, -0.1) is 6.58 Å². The van der Waals surface area contributed by atoms with Crippen LogP contribution < -0.4 is 4.74 Å². The monoisotopic (exact) mass is 739 g/mol. The van der Waals surface area contributed by atoms with Crippen LogP contribution in [0.2, 0.25) is 5.15 Å². The van der Waals surface area contributed by atoms with Crippen LogP contribution in [0.3, 0.4) is 0 Å². The van der Waals surface area contributed by atoms with E-state index < -0.39 is 0 Å². The number of halogens is 1. The maximum Gasteiger partial charge on any atom is 0.227 e. The lowest BCUT2D eigenvalue weighted by atomic mass is 9.71. The van der Waals surface area contributed by atoms with Crippen molar-refractivity contribution in [2.45, 2.75) is 38.0 Å². The van der Waals surface area contributed by atoms with Crippen LogP contribution >= 0.6 is 11.6 Å². The number of para-hydroxylation sites is 1. The van der Waals surface area contributed by atoms with Gasteiger partial charge in [-0.25, -0.2) is 4.98 Å². The molecule has 5 aromatic carbocycles. The first-order valence-electron chi connectivity index (χ1n) is 19.4. The molecule has 5 nitrogen and oxygen atoms in total. The minimum Gasteiger partial charge on any atom is -0.469 e. The Bertz CT molecular complexity index is 2430. The van der Waals surface area contributed by atoms with Gasteiger partial charge in [-0.1, -0.05) is 145 Å². The quantitative estimate of drug-likeness (QED) is 0.0753. The summed E-state index contributed by atoms with van der Waals surface area (Å²) in [5.41, 5.74) is 8.41. The Morgan fingerprint density at radius 2 is 1.45 bits per heavy atom. The Hall–Kier alpha value is -5.62. The van der Waals surface area contributed by atoms with Crippen molar-refractivity contribution >= 4 is 22.5 Å². The number of piperidine rings is 3. The third-order valence-electron chi connectivity index (χ3n) is 12.0. The fraction of sp³-hybridized carbons (Fsp3) is 0.204. The maximum atomic E-state index is 7.38. The SMILES string of the molecule is C=CC1C[N+]2(Cc3cccc(-c4ccccc4)c3)CCC1CC2C[C@@H](Oc1nc(-c2ccccc2)nc(Cl)c1-c1ccccc1)c1ccnc2ccccc12. The van der Waals surface area contributed by atoms with E-state index >= 15 is 0 Å². The fourth-order valence-corrected chi connectivity index (χ4v) is 9.55. The lowest BCUT2D eigenvalue weighted by Crippen LogP contribution is -2.66. The first-order valence-corrected chi connectivity index (χ1v) is 19.8.